The third-order valence-electron chi connectivity index (χ3n) is 4.05. The van der Waals surface area contributed by atoms with Crippen LogP contribution in [-0.4, -0.2) is 48.4 Å². The van der Waals surface area contributed by atoms with E-state index in [-0.39, 0.29) is 24.4 Å². The van der Waals surface area contributed by atoms with Gasteiger partial charge in [0.15, 0.2) is 0 Å². The minimum Gasteiger partial charge on any atom is -0.490 e. The van der Waals surface area contributed by atoms with Crippen molar-refractivity contribution in [1.82, 2.24) is 4.90 Å². The molecule has 7 heteroatoms. The van der Waals surface area contributed by atoms with E-state index in [4.69, 9.17) is 14.2 Å². The number of carbonyl (C=O) groups excluding carboxylic acids is 2. The third kappa shape index (κ3) is 6.87. The van der Waals surface area contributed by atoms with Gasteiger partial charge in [0.1, 0.15) is 23.3 Å². The van der Waals surface area contributed by atoms with Crippen LogP contribution in [0.5, 0.6) is 5.75 Å². The van der Waals surface area contributed by atoms with Gasteiger partial charge in [-0.15, -0.1) is 0 Å². The lowest BCUT2D eigenvalue weighted by Gasteiger charge is -2.33. The van der Waals surface area contributed by atoms with Crippen molar-refractivity contribution in [2.75, 3.05) is 19.7 Å². The fourth-order valence-corrected chi connectivity index (χ4v) is 2.74. The van der Waals surface area contributed by atoms with Gasteiger partial charge >= 0.3 is 12.1 Å². The molecule has 0 aromatic heterocycles. The summed E-state index contributed by atoms with van der Waals surface area (Å²) in [6.07, 6.45) is 3.43. The Hall–Kier alpha value is -2.57. The zero-order valence-electron chi connectivity index (χ0n) is 16.9. The molecule has 0 aliphatic carbocycles. The largest absolute Gasteiger partial charge is 0.490 e. The molecule has 6 nitrogen and oxygen atoms in total. The average Bonchev–Trinajstić information content (AvgIpc) is 2.60. The molecule has 1 aromatic rings. The van der Waals surface area contributed by atoms with E-state index < -0.39 is 17.4 Å². The molecule has 154 valence electrons. The van der Waals surface area contributed by atoms with Gasteiger partial charge in [0.25, 0.3) is 0 Å². The third-order valence-corrected chi connectivity index (χ3v) is 4.05. The van der Waals surface area contributed by atoms with E-state index in [0.29, 0.717) is 31.7 Å². The molecule has 1 heterocycles. The van der Waals surface area contributed by atoms with Gasteiger partial charge < -0.3 is 19.1 Å². The predicted octanol–water partition coefficient (Wildman–Crippen LogP) is 4.18. The van der Waals surface area contributed by atoms with Gasteiger partial charge in [0.05, 0.1) is 6.61 Å². The maximum absolute atomic E-state index is 14.2. The lowest BCUT2D eigenvalue weighted by atomic mass is 10.1. The van der Waals surface area contributed by atoms with Crippen LogP contribution in [0.2, 0.25) is 0 Å². The highest BCUT2D eigenvalue weighted by Gasteiger charge is 2.27. The Labute approximate surface area is 165 Å². The number of halogens is 1. The van der Waals surface area contributed by atoms with Crippen molar-refractivity contribution >= 4 is 18.1 Å². The Morgan fingerprint density at radius 1 is 1.25 bits per heavy atom. The first-order valence-electron chi connectivity index (χ1n) is 9.47. The number of amides is 1. The van der Waals surface area contributed by atoms with Crippen LogP contribution >= 0.6 is 0 Å². The van der Waals surface area contributed by atoms with Gasteiger partial charge in [-0.05, 0) is 45.9 Å². The molecule has 0 saturated carbocycles. The maximum Gasteiger partial charge on any atom is 0.410 e. The summed E-state index contributed by atoms with van der Waals surface area (Å²) in [5, 5.41) is 0. The van der Waals surface area contributed by atoms with Gasteiger partial charge in [-0.1, -0.05) is 0 Å². The van der Waals surface area contributed by atoms with Crippen molar-refractivity contribution in [1.29, 1.82) is 0 Å². The standard InChI is InChI=1S/C21H28FNO5/c1-5-26-19(24)9-7-15-6-8-17(14-18(15)22)27-16-10-12-23(13-11-16)20(25)28-21(2,3)4/h6-9,14,16H,5,10-13H2,1-4H3/b9-7+. The normalized spacial score (nSPS) is 15.5. The van der Waals surface area contributed by atoms with Crippen LogP contribution in [-0.2, 0) is 14.3 Å². The number of hydrogen-bond acceptors (Lipinski definition) is 5. The SMILES string of the molecule is CCOC(=O)/C=C/c1ccc(OC2CCN(C(=O)OC(C)(C)C)CC2)cc1F. The fourth-order valence-electron chi connectivity index (χ4n) is 2.74. The van der Waals surface area contributed by atoms with Crippen LogP contribution in [0, 0.1) is 5.82 Å². The van der Waals surface area contributed by atoms with Crippen molar-refractivity contribution < 1.29 is 28.2 Å². The Morgan fingerprint density at radius 2 is 1.93 bits per heavy atom. The van der Waals surface area contributed by atoms with Crippen LogP contribution in [0.15, 0.2) is 24.3 Å². The first-order chi connectivity index (χ1) is 13.2. The number of rotatable bonds is 5. The Balaban J connectivity index is 1.87. The Morgan fingerprint density at radius 3 is 2.50 bits per heavy atom. The first-order valence-corrected chi connectivity index (χ1v) is 9.47. The number of likely N-dealkylation sites (tertiary alicyclic amines) is 1. The molecule has 28 heavy (non-hydrogen) atoms. The Bertz CT molecular complexity index is 718. The first kappa shape index (κ1) is 21.7. The number of esters is 1. The second-order valence-corrected chi connectivity index (χ2v) is 7.55. The molecule has 0 spiro atoms. The second kappa shape index (κ2) is 9.57. The molecule has 1 saturated heterocycles. The molecule has 1 amide bonds. The van der Waals surface area contributed by atoms with E-state index in [9.17, 15) is 14.0 Å². The summed E-state index contributed by atoms with van der Waals surface area (Å²) in [5.41, 5.74) is -0.244. The quantitative estimate of drug-likeness (QED) is 0.555. The summed E-state index contributed by atoms with van der Waals surface area (Å²) < 4.78 is 30.2. The zero-order chi connectivity index (χ0) is 20.7. The number of ether oxygens (including phenoxy) is 3. The maximum atomic E-state index is 14.2. The molecule has 0 atom stereocenters. The average molecular weight is 393 g/mol. The monoisotopic (exact) mass is 393 g/mol. The minimum atomic E-state index is -0.522. The van der Waals surface area contributed by atoms with E-state index in [2.05, 4.69) is 0 Å². The van der Waals surface area contributed by atoms with E-state index in [1.807, 2.05) is 20.8 Å². The fraction of sp³-hybridized carbons (Fsp3) is 0.524. The van der Waals surface area contributed by atoms with Crippen molar-refractivity contribution in [3.05, 3.63) is 35.7 Å². The van der Waals surface area contributed by atoms with Crippen LogP contribution < -0.4 is 4.74 Å². The van der Waals surface area contributed by atoms with E-state index in [1.165, 1.54) is 18.2 Å². The molecule has 1 fully saturated rings. The van der Waals surface area contributed by atoms with Gasteiger partial charge in [-0.2, -0.15) is 0 Å². The summed E-state index contributed by atoms with van der Waals surface area (Å²) in [5.74, 6) is -0.579. The summed E-state index contributed by atoms with van der Waals surface area (Å²) >= 11 is 0. The number of benzene rings is 1. The predicted molar refractivity (Wildman–Crippen MR) is 104 cm³/mol. The van der Waals surface area contributed by atoms with Gasteiger partial charge in [-0.3, -0.25) is 0 Å². The highest BCUT2D eigenvalue weighted by atomic mass is 19.1. The summed E-state index contributed by atoms with van der Waals surface area (Å²) in [7, 11) is 0. The van der Waals surface area contributed by atoms with E-state index in [0.717, 1.165) is 0 Å². The number of piperidine rings is 1. The van der Waals surface area contributed by atoms with Crippen molar-refractivity contribution in [2.24, 2.45) is 0 Å². The highest BCUT2D eigenvalue weighted by molar-refractivity contribution is 5.87. The minimum absolute atomic E-state index is 0.0981. The topological polar surface area (TPSA) is 65.1 Å². The summed E-state index contributed by atoms with van der Waals surface area (Å²) in [6.45, 7) is 8.54. The Kier molecular flexibility index (Phi) is 7.43. The molecule has 2 rings (SSSR count). The lowest BCUT2D eigenvalue weighted by Crippen LogP contribution is -2.44. The van der Waals surface area contributed by atoms with Gasteiger partial charge in [-0.25, -0.2) is 14.0 Å². The molecule has 1 aromatic carbocycles. The van der Waals surface area contributed by atoms with Crippen LogP contribution in [0.1, 0.15) is 46.1 Å². The van der Waals surface area contributed by atoms with Crippen LogP contribution in [0.4, 0.5) is 9.18 Å². The number of hydrogen-bond donors (Lipinski definition) is 0. The number of carbonyl (C=O) groups is 2. The molecule has 0 N–H and O–H groups in total. The number of nitrogens with zero attached hydrogens (tertiary/aromatic N) is 1. The van der Waals surface area contributed by atoms with Gasteiger partial charge in [0, 0.05) is 43.6 Å². The second-order valence-electron chi connectivity index (χ2n) is 7.55. The van der Waals surface area contributed by atoms with Crippen molar-refractivity contribution in [3.8, 4) is 5.75 Å². The molecule has 0 unspecified atom stereocenters. The molecule has 1 aliphatic heterocycles. The summed E-state index contributed by atoms with van der Waals surface area (Å²) in [6, 6.07) is 4.51. The van der Waals surface area contributed by atoms with Crippen molar-refractivity contribution in [3.63, 3.8) is 0 Å². The van der Waals surface area contributed by atoms with Gasteiger partial charge in [0.2, 0.25) is 0 Å². The smallest absolute Gasteiger partial charge is 0.410 e. The molecule has 0 radical (unpaired) electrons. The van der Waals surface area contributed by atoms with Crippen LogP contribution in [0.3, 0.4) is 0 Å². The molecular formula is C21H28FNO5. The van der Waals surface area contributed by atoms with Crippen LogP contribution in [0.25, 0.3) is 6.08 Å². The van der Waals surface area contributed by atoms with Crippen molar-refractivity contribution in [2.45, 2.75) is 52.2 Å². The molecule has 1 aliphatic rings. The van der Waals surface area contributed by atoms with E-state index >= 15 is 0 Å². The molecular weight excluding hydrogens is 365 g/mol. The van der Waals surface area contributed by atoms with E-state index in [1.54, 1.807) is 24.0 Å². The summed E-state index contributed by atoms with van der Waals surface area (Å²) in [4.78, 5) is 25.1. The lowest BCUT2D eigenvalue weighted by molar-refractivity contribution is -0.137. The molecule has 0 bridgehead atoms. The highest BCUT2D eigenvalue weighted by Crippen LogP contribution is 2.23. The zero-order valence-corrected chi connectivity index (χ0v) is 16.9.